The van der Waals surface area contributed by atoms with Crippen molar-refractivity contribution in [2.45, 2.75) is 46.2 Å². The first-order chi connectivity index (χ1) is 9.76. The van der Waals surface area contributed by atoms with Crippen LogP contribution in [0.3, 0.4) is 0 Å². The molecule has 2 heterocycles. The molecule has 0 fully saturated rings. The number of nitrogens with one attached hydrogen (secondary N) is 1. The third-order valence-electron chi connectivity index (χ3n) is 3.55. The number of aryl methyl sites for hydroxylation is 2. The molecule has 2 aromatic heterocycles. The Morgan fingerprint density at radius 3 is 2.80 bits per heavy atom. The molecule has 4 heteroatoms. The first-order valence-electron chi connectivity index (χ1n) is 7.41. The molecule has 0 aliphatic carbocycles. The highest BCUT2D eigenvalue weighted by Gasteiger charge is 2.17. The molecule has 0 amide bonds. The van der Waals surface area contributed by atoms with E-state index in [1.807, 2.05) is 24.7 Å². The predicted octanol–water partition coefficient (Wildman–Crippen LogP) is 2.89. The van der Waals surface area contributed by atoms with Gasteiger partial charge in [0.25, 0.3) is 0 Å². The van der Waals surface area contributed by atoms with Gasteiger partial charge in [-0.3, -0.25) is 4.98 Å². The fourth-order valence-corrected chi connectivity index (χ4v) is 2.45. The zero-order valence-corrected chi connectivity index (χ0v) is 12.6. The minimum absolute atomic E-state index is 0.226. The topological polar surface area (TPSA) is 42.7 Å². The minimum Gasteiger partial charge on any atom is -0.335 e. The van der Waals surface area contributed by atoms with Crippen LogP contribution >= 0.6 is 0 Å². The number of imidazole rings is 1. The summed E-state index contributed by atoms with van der Waals surface area (Å²) in [5, 5.41) is 3.60. The molecule has 2 aromatic rings. The van der Waals surface area contributed by atoms with Crippen molar-refractivity contribution >= 4 is 0 Å². The highest BCUT2D eigenvalue weighted by Crippen LogP contribution is 2.19. The van der Waals surface area contributed by atoms with Gasteiger partial charge in [0.15, 0.2) is 0 Å². The Bertz CT molecular complexity index is 533. The standard InChI is InChI=1S/C16H24N4/c1-4-8-17-14(16-13(3)7-6-9-19-16)12-15-18-10-11-20(15)5-2/h6-7,9-11,14,17H,4-5,8,12H2,1-3H3. The van der Waals surface area contributed by atoms with Crippen LogP contribution in [0, 0.1) is 6.92 Å². The van der Waals surface area contributed by atoms with E-state index in [-0.39, 0.29) is 6.04 Å². The van der Waals surface area contributed by atoms with Gasteiger partial charge in [-0.25, -0.2) is 4.98 Å². The fourth-order valence-electron chi connectivity index (χ4n) is 2.45. The average Bonchev–Trinajstić information content (AvgIpc) is 2.91. The second-order valence-electron chi connectivity index (χ2n) is 5.05. The largest absolute Gasteiger partial charge is 0.335 e. The summed E-state index contributed by atoms with van der Waals surface area (Å²) in [6.07, 6.45) is 7.77. The monoisotopic (exact) mass is 272 g/mol. The highest BCUT2D eigenvalue weighted by atomic mass is 15.1. The number of hydrogen-bond acceptors (Lipinski definition) is 3. The van der Waals surface area contributed by atoms with Crippen molar-refractivity contribution in [2.75, 3.05) is 6.54 Å². The number of aromatic nitrogens is 3. The lowest BCUT2D eigenvalue weighted by Gasteiger charge is -2.20. The summed E-state index contributed by atoms with van der Waals surface area (Å²) in [7, 11) is 0. The molecular weight excluding hydrogens is 248 g/mol. The summed E-state index contributed by atoms with van der Waals surface area (Å²) in [6.45, 7) is 8.40. The van der Waals surface area contributed by atoms with Gasteiger partial charge in [-0.05, 0) is 38.4 Å². The smallest absolute Gasteiger partial charge is 0.110 e. The Balaban J connectivity index is 2.22. The quantitative estimate of drug-likeness (QED) is 0.842. The van der Waals surface area contributed by atoms with Crippen LogP contribution in [0.5, 0.6) is 0 Å². The lowest BCUT2D eigenvalue weighted by atomic mass is 10.0. The number of rotatable bonds is 7. The Morgan fingerprint density at radius 1 is 1.25 bits per heavy atom. The normalized spacial score (nSPS) is 12.6. The number of nitrogens with zero attached hydrogens (tertiary/aromatic N) is 3. The molecule has 0 spiro atoms. The Labute approximate surface area is 121 Å². The first-order valence-corrected chi connectivity index (χ1v) is 7.41. The van der Waals surface area contributed by atoms with E-state index in [2.05, 4.69) is 46.7 Å². The first kappa shape index (κ1) is 14.7. The Hall–Kier alpha value is -1.68. The van der Waals surface area contributed by atoms with E-state index in [1.165, 1.54) is 5.56 Å². The third-order valence-corrected chi connectivity index (χ3v) is 3.55. The zero-order chi connectivity index (χ0) is 14.4. The lowest BCUT2D eigenvalue weighted by Crippen LogP contribution is -2.26. The van der Waals surface area contributed by atoms with Crippen molar-refractivity contribution in [2.24, 2.45) is 0 Å². The van der Waals surface area contributed by atoms with E-state index in [0.29, 0.717) is 0 Å². The molecule has 0 saturated heterocycles. The van der Waals surface area contributed by atoms with Crippen LogP contribution in [0.25, 0.3) is 0 Å². The minimum atomic E-state index is 0.226. The van der Waals surface area contributed by atoms with Gasteiger partial charge in [-0.1, -0.05) is 13.0 Å². The molecular formula is C16H24N4. The molecule has 1 unspecified atom stereocenters. The summed E-state index contributed by atoms with van der Waals surface area (Å²) < 4.78 is 2.19. The van der Waals surface area contributed by atoms with Crippen molar-refractivity contribution in [3.8, 4) is 0 Å². The van der Waals surface area contributed by atoms with Gasteiger partial charge in [0.05, 0.1) is 11.7 Å². The van der Waals surface area contributed by atoms with Crippen molar-refractivity contribution in [3.63, 3.8) is 0 Å². The summed E-state index contributed by atoms with van der Waals surface area (Å²) in [5.41, 5.74) is 2.36. The molecule has 0 aromatic carbocycles. The molecule has 108 valence electrons. The van der Waals surface area contributed by atoms with Gasteiger partial charge < -0.3 is 9.88 Å². The van der Waals surface area contributed by atoms with E-state index >= 15 is 0 Å². The predicted molar refractivity (Wildman–Crippen MR) is 81.6 cm³/mol. The third kappa shape index (κ3) is 3.45. The molecule has 4 nitrogen and oxygen atoms in total. The number of pyridine rings is 1. The molecule has 0 saturated carbocycles. The van der Waals surface area contributed by atoms with Crippen molar-refractivity contribution in [3.05, 3.63) is 47.8 Å². The van der Waals surface area contributed by atoms with E-state index < -0.39 is 0 Å². The molecule has 1 N–H and O–H groups in total. The van der Waals surface area contributed by atoms with Gasteiger partial charge in [0, 0.05) is 31.6 Å². The summed E-state index contributed by atoms with van der Waals surface area (Å²) in [4.78, 5) is 9.05. The molecule has 1 atom stereocenters. The van der Waals surface area contributed by atoms with Crippen molar-refractivity contribution in [1.29, 1.82) is 0 Å². The Morgan fingerprint density at radius 2 is 2.10 bits per heavy atom. The van der Waals surface area contributed by atoms with Crippen molar-refractivity contribution < 1.29 is 0 Å². The van der Waals surface area contributed by atoms with Gasteiger partial charge >= 0.3 is 0 Å². The summed E-state index contributed by atoms with van der Waals surface area (Å²) in [5.74, 6) is 1.12. The maximum absolute atomic E-state index is 4.57. The van der Waals surface area contributed by atoms with Crippen LogP contribution in [0.2, 0.25) is 0 Å². The average molecular weight is 272 g/mol. The van der Waals surface area contributed by atoms with Gasteiger partial charge in [0.2, 0.25) is 0 Å². The highest BCUT2D eigenvalue weighted by molar-refractivity contribution is 5.22. The second-order valence-corrected chi connectivity index (χ2v) is 5.05. The molecule has 0 bridgehead atoms. The van der Waals surface area contributed by atoms with Crippen LogP contribution in [0.1, 0.15) is 43.4 Å². The molecule has 2 rings (SSSR count). The summed E-state index contributed by atoms with van der Waals surface area (Å²) >= 11 is 0. The van der Waals surface area contributed by atoms with Crippen LogP contribution < -0.4 is 5.32 Å². The lowest BCUT2D eigenvalue weighted by molar-refractivity contribution is 0.494. The van der Waals surface area contributed by atoms with E-state index in [0.717, 1.165) is 37.4 Å². The maximum Gasteiger partial charge on any atom is 0.110 e. The van der Waals surface area contributed by atoms with Crippen LogP contribution in [-0.4, -0.2) is 21.1 Å². The SMILES string of the molecule is CCCNC(Cc1nccn1CC)c1ncccc1C. The Kier molecular flexibility index (Phi) is 5.30. The summed E-state index contributed by atoms with van der Waals surface area (Å²) in [6, 6.07) is 4.33. The van der Waals surface area contributed by atoms with Gasteiger partial charge in [-0.15, -0.1) is 0 Å². The second kappa shape index (κ2) is 7.20. The van der Waals surface area contributed by atoms with Gasteiger partial charge in [0.1, 0.15) is 5.82 Å². The van der Waals surface area contributed by atoms with Crippen LogP contribution in [-0.2, 0) is 13.0 Å². The molecule has 0 aliphatic heterocycles. The van der Waals surface area contributed by atoms with Gasteiger partial charge in [-0.2, -0.15) is 0 Å². The van der Waals surface area contributed by atoms with E-state index in [4.69, 9.17) is 0 Å². The van der Waals surface area contributed by atoms with E-state index in [9.17, 15) is 0 Å². The van der Waals surface area contributed by atoms with Crippen molar-refractivity contribution in [1.82, 2.24) is 19.9 Å². The number of hydrogen-bond donors (Lipinski definition) is 1. The maximum atomic E-state index is 4.57. The molecule has 0 aliphatic rings. The zero-order valence-electron chi connectivity index (χ0n) is 12.6. The molecule has 0 radical (unpaired) electrons. The van der Waals surface area contributed by atoms with Crippen LogP contribution in [0.15, 0.2) is 30.7 Å². The van der Waals surface area contributed by atoms with E-state index in [1.54, 1.807) is 0 Å². The molecule has 20 heavy (non-hydrogen) atoms. The van der Waals surface area contributed by atoms with Crippen LogP contribution in [0.4, 0.5) is 0 Å². The fraction of sp³-hybridized carbons (Fsp3) is 0.500.